The highest BCUT2D eigenvalue weighted by atomic mass is 16.6. The third kappa shape index (κ3) is 40.4. The van der Waals surface area contributed by atoms with Gasteiger partial charge in [-0.3, -0.25) is 9.59 Å². The Hall–Kier alpha value is -2.97. The quantitative estimate of drug-likeness (QED) is 0.0198. The molecule has 0 aliphatic heterocycles. The largest absolute Gasteiger partial charge is 0.544 e. The molecule has 0 fully saturated rings. The van der Waals surface area contributed by atoms with Crippen molar-refractivity contribution in [3.05, 3.63) is 60.8 Å². The van der Waals surface area contributed by atoms with Gasteiger partial charge in [0.15, 0.2) is 6.10 Å². The fourth-order valence-corrected chi connectivity index (χ4v) is 6.96. The first-order valence-electron chi connectivity index (χ1n) is 24.4. The van der Waals surface area contributed by atoms with Gasteiger partial charge in [0.2, 0.25) is 0 Å². The number of allylic oxidation sites excluding steroid dienone is 10. The molecule has 0 saturated heterocycles. The number of likely N-dealkylation sites (N-methyl/N-ethyl adjacent to an activating group) is 1. The molecule has 8 heteroatoms. The molecule has 0 radical (unpaired) electrons. The van der Waals surface area contributed by atoms with Crippen LogP contribution in [0.15, 0.2) is 60.8 Å². The molecule has 0 aliphatic rings. The predicted octanol–water partition coefficient (Wildman–Crippen LogP) is 12.4. The lowest BCUT2D eigenvalue weighted by Crippen LogP contribution is -2.55. The van der Waals surface area contributed by atoms with Crippen LogP contribution in [-0.4, -0.2) is 75.5 Å². The van der Waals surface area contributed by atoms with E-state index in [1.807, 2.05) is 36.5 Å². The van der Waals surface area contributed by atoms with Gasteiger partial charge in [0.1, 0.15) is 12.6 Å². The number of hydrogen-bond donors (Lipinski definition) is 0. The van der Waals surface area contributed by atoms with E-state index in [0.29, 0.717) is 12.8 Å². The maximum Gasteiger partial charge on any atom is 0.306 e. The zero-order chi connectivity index (χ0) is 44.2. The van der Waals surface area contributed by atoms with E-state index in [2.05, 4.69) is 38.2 Å². The Kier molecular flexibility index (Phi) is 40.6. The molecule has 0 aromatic rings. The highest BCUT2D eigenvalue weighted by Gasteiger charge is 2.25. The number of rotatable bonds is 43. The van der Waals surface area contributed by atoms with Gasteiger partial charge in [-0.1, -0.05) is 184 Å². The summed E-state index contributed by atoms with van der Waals surface area (Å²) in [7, 11) is 5.39. The van der Waals surface area contributed by atoms with E-state index in [1.165, 1.54) is 116 Å². The maximum absolute atomic E-state index is 12.7. The minimum atomic E-state index is -1.13. The number of carbonyl (C=O) groups is 3. The predicted molar refractivity (Wildman–Crippen MR) is 249 cm³/mol. The summed E-state index contributed by atoms with van der Waals surface area (Å²) in [5, 5.41) is 11.6. The van der Waals surface area contributed by atoms with E-state index in [1.54, 1.807) is 21.1 Å². The number of esters is 2. The number of carbonyl (C=O) groups excluding carboxylic acids is 3. The number of hydrogen-bond acceptors (Lipinski definition) is 7. The molecule has 0 aliphatic carbocycles. The van der Waals surface area contributed by atoms with Gasteiger partial charge in [-0.2, -0.15) is 0 Å². The fraction of sp³-hybridized carbons (Fsp3) is 0.750. The lowest BCUT2D eigenvalue weighted by molar-refractivity contribution is -0.889. The zero-order valence-electron chi connectivity index (χ0n) is 39.4. The first-order chi connectivity index (χ1) is 29.1. The molecule has 0 aromatic carbocycles. The smallest absolute Gasteiger partial charge is 0.306 e. The highest BCUT2D eigenvalue weighted by molar-refractivity contribution is 5.70. The molecule has 2 unspecified atom stereocenters. The number of quaternary nitrogens is 1. The van der Waals surface area contributed by atoms with E-state index in [4.69, 9.17) is 14.2 Å². The summed E-state index contributed by atoms with van der Waals surface area (Å²) in [4.78, 5) is 36.9. The van der Waals surface area contributed by atoms with Crippen molar-refractivity contribution in [3.63, 3.8) is 0 Å². The van der Waals surface area contributed by atoms with Crippen molar-refractivity contribution in [2.75, 3.05) is 41.0 Å². The third-order valence-corrected chi connectivity index (χ3v) is 10.7. The van der Waals surface area contributed by atoms with Gasteiger partial charge in [-0.05, 0) is 57.8 Å². The summed E-state index contributed by atoms with van der Waals surface area (Å²) >= 11 is 0. The molecule has 0 spiro atoms. The molecule has 0 N–H and O–H groups in total. The SMILES string of the molecule is CC/C=C/C=C/C=C/C=C/CCCCCC(=O)OC(COCCC(C(=O)[O-])[N+](C)(C)C)COC(=O)CCCCCCCCC/C=C/CCCCCCCCCCCCCC. The molecule has 0 amide bonds. The van der Waals surface area contributed by atoms with Gasteiger partial charge in [0.05, 0.1) is 40.3 Å². The summed E-state index contributed by atoms with van der Waals surface area (Å²) in [5.74, 6) is -1.79. The molecule has 0 rings (SSSR count). The first kappa shape index (κ1) is 57.0. The second kappa shape index (κ2) is 42.7. The van der Waals surface area contributed by atoms with Crippen LogP contribution in [0.5, 0.6) is 0 Å². The molecule has 8 nitrogen and oxygen atoms in total. The Labute approximate surface area is 368 Å². The van der Waals surface area contributed by atoms with Crippen molar-refractivity contribution < 1.29 is 38.2 Å². The minimum Gasteiger partial charge on any atom is -0.544 e. The van der Waals surface area contributed by atoms with Gasteiger partial charge in [0, 0.05) is 19.3 Å². The van der Waals surface area contributed by atoms with Gasteiger partial charge in [-0.25, -0.2) is 0 Å². The van der Waals surface area contributed by atoms with Crippen LogP contribution in [0.25, 0.3) is 0 Å². The van der Waals surface area contributed by atoms with Crippen LogP contribution in [0.4, 0.5) is 0 Å². The van der Waals surface area contributed by atoms with E-state index in [0.717, 1.165) is 44.9 Å². The van der Waals surface area contributed by atoms with E-state index in [-0.39, 0.29) is 49.1 Å². The number of nitrogens with zero attached hydrogens (tertiary/aromatic N) is 1. The zero-order valence-corrected chi connectivity index (χ0v) is 39.4. The van der Waals surface area contributed by atoms with E-state index in [9.17, 15) is 19.5 Å². The Morgan fingerprint density at radius 2 is 0.950 bits per heavy atom. The van der Waals surface area contributed by atoms with Gasteiger partial charge < -0.3 is 28.6 Å². The van der Waals surface area contributed by atoms with Crippen molar-refractivity contribution in [1.82, 2.24) is 0 Å². The molecule has 0 heterocycles. The summed E-state index contributed by atoms with van der Waals surface area (Å²) in [6, 6.07) is -0.736. The molecular weight excluding hydrogens is 751 g/mol. The summed E-state index contributed by atoms with van der Waals surface area (Å²) in [5.41, 5.74) is 0. The molecule has 0 aromatic heterocycles. The number of unbranched alkanes of at least 4 members (excludes halogenated alkanes) is 22. The van der Waals surface area contributed by atoms with Crippen molar-refractivity contribution in [1.29, 1.82) is 0 Å². The van der Waals surface area contributed by atoms with Gasteiger partial charge in [-0.15, -0.1) is 0 Å². The highest BCUT2D eigenvalue weighted by Crippen LogP contribution is 2.15. The summed E-state index contributed by atoms with van der Waals surface area (Å²) < 4.78 is 17.1. The van der Waals surface area contributed by atoms with Crippen molar-refractivity contribution in [2.24, 2.45) is 0 Å². The molecule has 0 saturated carbocycles. The Balaban J connectivity index is 4.24. The molecule has 60 heavy (non-hydrogen) atoms. The Morgan fingerprint density at radius 3 is 1.45 bits per heavy atom. The number of aliphatic carboxylic acids is 1. The number of ether oxygens (including phenoxy) is 3. The monoisotopic (exact) mass is 842 g/mol. The number of carboxylic acid groups (broad SMARTS) is 1. The average Bonchev–Trinajstić information content (AvgIpc) is 3.21. The van der Waals surface area contributed by atoms with Crippen molar-refractivity contribution >= 4 is 17.9 Å². The second-order valence-corrected chi connectivity index (χ2v) is 17.4. The minimum absolute atomic E-state index is 0.0214. The average molecular weight is 842 g/mol. The lowest BCUT2D eigenvalue weighted by atomic mass is 10.0. The van der Waals surface area contributed by atoms with Crippen molar-refractivity contribution in [2.45, 2.75) is 212 Å². The fourth-order valence-electron chi connectivity index (χ4n) is 6.96. The standard InChI is InChI=1S/C52H91NO7/c1-6-8-10-12-14-16-18-20-21-22-23-24-25-26-27-28-29-31-32-34-36-38-40-42-50(54)59-47-48(46-58-45-44-49(52(56)57)53(3,4)5)60-51(55)43-41-39-37-35-33-30-19-17-15-13-11-9-7-2/h9,11,13,15,17,19,26-27,30,33,48-49H,6-8,10,12,14,16,18,20-25,28-29,31-32,34-47H2,1-5H3/b11-9+,15-13+,19-17+,27-26+,33-30+. The number of carboxylic acids is 1. The van der Waals surface area contributed by atoms with Crippen LogP contribution in [-0.2, 0) is 28.6 Å². The molecule has 346 valence electrons. The maximum atomic E-state index is 12.7. The Bertz CT molecular complexity index is 1170. The van der Waals surface area contributed by atoms with Crippen molar-refractivity contribution in [3.8, 4) is 0 Å². The van der Waals surface area contributed by atoms with Crippen LogP contribution in [0, 0.1) is 0 Å². The van der Waals surface area contributed by atoms with Crippen LogP contribution < -0.4 is 5.11 Å². The third-order valence-electron chi connectivity index (χ3n) is 10.7. The second-order valence-electron chi connectivity index (χ2n) is 17.4. The van der Waals surface area contributed by atoms with Gasteiger partial charge in [0.25, 0.3) is 0 Å². The van der Waals surface area contributed by atoms with Crippen LogP contribution in [0.3, 0.4) is 0 Å². The Morgan fingerprint density at radius 1 is 0.517 bits per heavy atom. The van der Waals surface area contributed by atoms with Gasteiger partial charge >= 0.3 is 11.9 Å². The van der Waals surface area contributed by atoms with Crippen LogP contribution in [0.2, 0.25) is 0 Å². The first-order valence-corrected chi connectivity index (χ1v) is 24.4. The van der Waals surface area contributed by atoms with E-state index < -0.39 is 18.1 Å². The summed E-state index contributed by atoms with van der Waals surface area (Å²) in [6.45, 7) is 4.48. The molecular formula is C52H91NO7. The molecule has 2 atom stereocenters. The normalized spacial score (nSPS) is 13.4. The van der Waals surface area contributed by atoms with Crippen LogP contribution >= 0.6 is 0 Å². The van der Waals surface area contributed by atoms with E-state index >= 15 is 0 Å². The lowest BCUT2D eigenvalue weighted by Gasteiger charge is -2.34. The topological polar surface area (TPSA) is 102 Å². The molecule has 0 bridgehead atoms. The van der Waals surface area contributed by atoms with Crippen LogP contribution in [0.1, 0.15) is 200 Å². The summed E-state index contributed by atoms with van der Waals surface area (Å²) in [6.07, 6.45) is 52.7.